The summed E-state index contributed by atoms with van der Waals surface area (Å²) in [4.78, 5) is 12.6. The average Bonchev–Trinajstić information content (AvgIpc) is 2.16. The van der Waals surface area contributed by atoms with Crippen molar-refractivity contribution in [2.24, 2.45) is 5.14 Å². The SMILES string of the molecule is NS(=O)(=O)c1nc(I)cc([N+](=O)[O-])c1OC(F)(F)F. The summed E-state index contributed by atoms with van der Waals surface area (Å²) in [6.07, 6.45) is -5.33. The van der Waals surface area contributed by atoms with Crippen molar-refractivity contribution in [1.29, 1.82) is 0 Å². The second kappa shape index (κ2) is 5.04. The summed E-state index contributed by atoms with van der Waals surface area (Å²) in [5.41, 5.74) is -1.21. The van der Waals surface area contributed by atoms with E-state index < -0.39 is 37.8 Å². The second-order valence-corrected chi connectivity index (χ2v) is 5.53. The fraction of sp³-hybridized carbons (Fsp3) is 0.167. The van der Waals surface area contributed by atoms with Gasteiger partial charge in [-0.2, -0.15) is 0 Å². The summed E-state index contributed by atoms with van der Waals surface area (Å²) in [6, 6.07) is 0.621. The minimum absolute atomic E-state index is 0.233. The van der Waals surface area contributed by atoms with E-state index in [1.165, 1.54) is 22.6 Å². The molecule has 0 aliphatic rings. The van der Waals surface area contributed by atoms with E-state index in [4.69, 9.17) is 0 Å². The first-order valence-corrected chi connectivity index (χ1v) is 6.68. The van der Waals surface area contributed by atoms with Crippen molar-refractivity contribution in [1.82, 2.24) is 4.98 Å². The van der Waals surface area contributed by atoms with Crippen molar-refractivity contribution in [2.45, 2.75) is 11.4 Å². The van der Waals surface area contributed by atoms with Crippen molar-refractivity contribution in [3.8, 4) is 5.75 Å². The number of primary sulfonamides is 1. The van der Waals surface area contributed by atoms with Gasteiger partial charge in [-0.25, -0.2) is 18.5 Å². The number of sulfonamides is 1. The van der Waals surface area contributed by atoms with Gasteiger partial charge >= 0.3 is 12.0 Å². The molecule has 1 rings (SSSR count). The molecule has 106 valence electrons. The van der Waals surface area contributed by atoms with Crippen LogP contribution in [0.25, 0.3) is 0 Å². The molecule has 1 aromatic rings. The molecule has 13 heteroatoms. The van der Waals surface area contributed by atoms with Crippen LogP contribution < -0.4 is 9.88 Å². The smallest absolute Gasteiger partial charge is 0.395 e. The highest BCUT2D eigenvalue weighted by molar-refractivity contribution is 14.1. The third-order valence-electron chi connectivity index (χ3n) is 1.58. The van der Waals surface area contributed by atoms with Crippen LogP contribution in [-0.4, -0.2) is 24.7 Å². The zero-order valence-corrected chi connectivity index (χ0v) is 11.5. The molecule has 0 unspecified atom stereocenters. The number of nitrogens with zero attached hydrogens (tertiary/aromatic N) is 2. The summed E-state index contributed by atoms with van der Waals surface area (Å²) in [7, 11) is -4.73. The predicted octanol–water partition coefficient (Wildman–Crippen LogP) is 1.14. The maximum atomic E-state index is 12.1. The van der Waals surface area contributed by atoms with E-state index in [1.807, 2.05) is 0 Å². The van der Waals surface area contributed by atoms with Crippen molar-refractivity contribution in [2.75, 3.05) is 0 Å². The number of hydrogen-bond donors (Lipinski definition) is 1. The fourth-order valence-corrected chi connectivity index (χ4v) is 2.34. The molecule has 0 aliphatic carbocycles. The van der Waals surface area contributed by atoms with E-state index in [2.05, 4.69) is 14.9 Å². The Hall–Kier alpha value is -1.22. The topological polar surface area (TPSA) is 125 Å². The van der Waals surface area contributed by atoms with Crippen LogP contribution in [0, 0.1) is 13.8 Å². The van der Waals surface area contributed by atoms with E-state index in [0.717, 1.165) is 0 Å². The number of nitro groups is 1. The molecule has 8 nitrogen and oxygen atoms in total. The zero-order valence-electron chi connectivity index (χ0n) is 8.51. The number of aromatic nitrogens is 1. The molecule has 19 heavy (non-hydrogen) atoms. The van der Waals surface area contributed by atoms with E-state index in [-0.39, 0.29) is 3.70 Å². The van der Waals surface area contributed by atoms with Crippen LogP contribution in [0.3, 0.4) is 0 Å². The van der Waals surface area contributed by atoms with E-state index in [9.17, 15) is 31.7 Å². The van der Waals surface area contributed by atoms with E-state index in [0.29, 0.717) is 6.07 Å². The molecule has 0 radical (unpaired) electrons. The van der Waals surface area contributed by atoms with Gasteiger partial charge in [-0.1, -0.05) is 0 Å². The third kappa shape index (κ3) is 4.13. The van der Waals surface area contributed by atoms with Gasteiger partial charge in [0.25, 0.3) is 10.0 Å². The Balaban J connectivity index is 3.67. The van der Waals surface area contributed by atoms with Gasteiger partial charge in [0, 0.05) is 0 Å². The lowest BCUT2D eigenvalue weighted by Gasteiger charge is -2.11. The first-order valence-electron chi connectivity index (χ1n) is 4.05. The Bertz CT molecular complexity index is 632. The van der Waals surface area contributed by atoms with Crippen LogP contribution in [-0.2, 0) is 10.0 Å². The second-order valence-electron chi connectivity index (χ2n) is 2.95. The third-order valence-corrected chi connectivity index (χ3v) is 2.94. The molecule has 0 bridgehead atoms. The molecule has 0 fully saturated rings. The Morgan fingerprint density at radius 1 is 1.47 bits per heavy atom. The average molecular weight is 413 g/mol. The zero-order chi connectivity index (χ0) is 15.0. The maximum Gasteiger partial charge on any atom is 0.573 e. The number of rotatable bonds is 3. The number of alkyl halides is 3. The standard InChI is InChI=1S/C6H3F3IN3O5S/c7-6(8,9)18-4-2(13(14)15)1-3(10)12-5(4)19(11,16)17/h1H,(H2,11,16,17). The maximum absolute atomic E-state index is 12.1. The van der Waals surface area contributed by atoms with Crippen LogP contribution >= 0.6 is 22.6 Å². The van der Waals surface area contributed by atoms with Crippen LogP contribution in [0.5, 0.6) is 5.75 Å². The Morgan fingerprint density at radius 3 is 2.37 bits per heavy atom. The number of nitrogens with two attached hydrogens (primary N) is 1. The number of ether oxygens (including phenoxy) is 1. The highest BCUT2D eigenvalue weighted by atomic mass is 127. The first kappa shape index (κ1) is 15.8. The van der Waals surface area contributed by atoms with Gasteiger partial charge in [0.15, 0.2) is 0 Å². The minimum Gasteiger partial charge on any atom is -0.395 e. The van der Waals surface area contributed by atoms with Crippen molar-refractivity contribution >= 4 is 38.3 Å². The monoisotopic (exact) mass is 413 g/mol. The molecule has 0 aromatic carbocycles. The summed E-state index contributed by atoms with van der Waals surface area (Å²) in [5, 5.41) is 13.9. The van der Waals surface area contributed by atoms with Crippen molar-refractivity contribution in [3.63, 3.8) is 0 Å². The van der Waals surface area contributed by atoms with Gasteiger partial charge in [-0.3, -0.25) is 10.1 Å². The molecule has 1 aromatic heterocycles. The van der Waals surface area contributed by atoms with Crippen molar-refractivity contribution < 1.29 is 31.2 Å². The van der Waals surface area contributed by atoms with E-state index in [1.54, 1.807) is 0 Å². The van der Waals surface area contributed by atoms with Gasteiger partial charge in [0.2, 0.25) is 10.8 Å². The summed E-state index contributed by atoms with van der Waals surface area (Å²) in [6.45, 7) is 0. The van der Waals surface area contributed by atoms with Gasteiger partial charge in [0.05, 0.1) is 11.0 Å². The van der Waals surface area contributed by atoms with Crippen LogP contribution in [0.15, 0.2) is 11.1 Å². The van der Waals surface area contributed by atoms with Crippen LogP contribution in [0.4, 0.5) is 18.9 Å². The quantitative estimate of drug-likeness (QED) is 0.343. The number of pyridine rings is 1. The molecular formula is C6H3F3IN3O5S. The molecular weight excluding hydrogens is 410 g/mol. The lowest BCUT2D eigenvalue weighted by atomic mass is 10.4. The highest BCUT2D eigenvalue weighted by Crippen LogP contribution is 2.37. The Kier molecular flexibility index (Phi) is 4.20. The lowest BCUT2D eigenvalue weighted by molar-refractivity contribution is -0.389. The number of halogens is 4. The molecule has 0 amide bonds. The largest absolute Gasteiger partial charge is 0.573 e. The van der Waals surface area contributed by atoms with Gasteiger partial charge in [-0.05, 0) is 22.6 Å². The lowest BCUT2D eigenvalue weighted by Crippen LogP contribution is -2.23. The molecule has 0 aliphatic heterocycles. The number of hydrogen-bond acceptors (Lipinski definition) is 6. The summed E-state index contributed by atoms with van der Waals surface area (Å²) >= 11 is 1.39. The highest BCUT2D eigenvalue weighted by Gasteiger charge is 2.39. The molecule has 1 heterocycles. The van der Waals surface area contributed by atoms with Gasteiger partial charge in [0.1, 0.15) is 3.70 Å². The molecule has 0 saturated heterocycles. The van der Waals surface area contributed by atoms with Gasteiger partial charge in [-0.15, -0.1) is 13.2 Å². The van der Waals surface area contributed by atoms with Crippen molar-refractivity contribution in [3.05, 3.63) is 19.9 Å². The molecule has 2 N–H and O–H groups in total. The van der Waals surface area contributed by atoms with E-state index >= 15 is 0 Å². The summed E-state index contributed by atoms with van der Waals surface area (Å²) < 4.78 is 61.8. The minimum atomic E-state index is -5.33. The molecule has 0 spiro atoms. The molecule has 0 atom stereocenters. The first-order chi connectivity index (χ1) is 8.42. The van der Waals surface area contributed by atoms with Crippen LogP contribution in [0.1, 0.15) is 0 Å². The fourth-order valence-electron chi connectivity index (χ4n) is 1.01. The normalized spacial score (nSPS) is 12.3. The van der Waals surface area contributed by atoms with Crippen LogP contribution in [0.2, 0.25) is 0 Å². The van der Waals surface area contributed by atoms with Gasteiger partial charge < -0.3 is 4.74 Å². The Morgan fingerprint density at radius 2 is 2.00 bits per heavy atom. The predicted molar refractivity (Wildman–Crippen MR) is 61.7 cm³/mol. The summed E-state index contributed by atoms with van der Waals surface area (Å²) in [5.74, 6) is -1.57. The molecule has 0 saturated carbocycles. The Labute approximate surface area is 117 Å².